The first kappa shape index (κ1) is 19.0. The number of ether oxygens (including phenoxy) is 2. The molecule has 0 aliphatic rings. The highest BCUT2D eigenvalue weighted by Crippen LogP contribution is 2.17. The molecule has 20 heavy (non-hydrogen) atoms. The molecule has 0 radical (unpaired) electrons. The lowest BCUT2D eigenvalue weighted by molar-refractivity contribution is -0.132. The van der Waals surface area contributed by atoms with E-state index in [4.69, 9.17) is 9.47 Å². The molecule has 0 aromatic carbocycles. The molecule has 2 N–H and O–H groups in total. The van der Waals surface area contributed by atoms with Crippen molar-refractivity contribution in [2.75, 3.05) is 47.1 Å². The van der Waals surface area contributed by atoms with Crippen LogP contribution in [0.5, 0.6) is 0 Å². The van der Waals surface area contributed by atoms with E-state index in [-0.39, 0.29) is 6.54 Å². The first-order valence-electron chi connectivity index (χ1n) is 6.57. The van der Waals surface area contributed by atoms with Crippen molar-refractivity contribution in [1.82, 2.24) is 10.6 Å². The fourth-order valence-corrected chi connectivity index (χ4v) is 1.32. The van der Waals surface area contributed by atoms with Crippen molar-refractivity contribution in [1.29, 1.82) is 0 Å². The third-order valence-corrected chi connectivity index (χ3v) is 2.36. The van der Waals surface area contributed by atoms with Crippen molar-refractivity contribution in [3.05, 3.63) is 0 Å². The molecular formula is C12H24F3N3O2. The SMILES string of the molecule is CN=C(NCCCCOCCOC)NCCC(F)(F)F. The maximum absolute atomic E-state index is 12.0. The number of nitrogens with zero attached hydrogens (tertiary/aromatic N) is 1. The van der Waals surface area contributed by atoms with E-state index in [1.807, 2.05) is 0 Å². The Morgan fingerprint density at radius 3 is 2.35 bits per heavy atom. The van der Waals surface area contributed by atoms with Crippen LogP contribution in [0.1, 0.15) is 19.3 Å². The van der Waals surface area contributed by atoms with Gasteiger partial charge in [-0.25, -0.2) is 0 Å². The summed E-state index contributed by atoms with van der Waals surface area (Å²) in [7, 11) is 3.14. The molecule has 8 heteroatoms. The van der Waals surface area contributed by atoms with Crippen LogP contribution in [0.15, 0.2) is 4.99 Å². The molecule has 0 aliphatic carbocycles. The van der Waals surface area contributed by atoms with Crippen LogP contribution in [0.2, 0.25) is 0 Å². The molecule has 0 spiro atoms. The molecule has 0 saturated carbocycles. The van der Waals surface area contributed by atoms with Gasteiger partial charge in [-0.2, -0.15) is 13.2 Å². The molecule has 0 fully saturated rings. The Kier molecular flexibility index (Phi) is 11.2. The van der Waals surface area contributed by atoms with Gasteiger partial charge in [0, 0.05) is 33.9 Å². The van der Waals surface area contributed by atoms with Gasteiger partial charge in [-0.05, 0) is 12.8 Å². The number of aliphatic imine (C=N–C) groups is 1. The Balaban J connectivity index is 3.47. The minimum Gasteiger partial charge on any atom is -0.382 e. The summed E-state index contributed by atoms with van der Waals surface area (Å²) in [4.78, 5) is 3.85. The average molecular weight is 299 g/mol. The molecule has 0 atom stereocenters. The maximum atomic E-state index is 12.0. The van der Waals surface area contributed by atoms with Crippen molar-refractivity contribution in [2.45, 2.75) is 25.4 Å². The zero-order valence-corrected chi connectivity index (χ0v) is 12.1. The highest BCUT2D eigenvalue weighted by atomic mass is 19.4. The highest BCUT2D eigenvalue weighted by Gasteiger charge is 2.26. The molecule has 5 nitrogen and oxygen atoms in total. The van der Waals surface area contributed by atoms with E-state index in [9.17, 15) is 13.2 Å². The molecule has 0 unspecified atom stereocenters. The van der Waals surface area contributed by atoms with Crippen LogP contribution < -0.4 is 10.6 Å². The van der Waals surface area contributed by atoms with Crippen LogP contribution in [0, 0.1) is 0 Å². The van der Waals surface area contributed by atoms with Crippen molar-refractivity contribution in [3.63, 3.8) is 0 Å². The quantitative estimate of drug-likeness (QED) is 0.365. The van der Waals surface area contributed by atoms with Gasteiger partial charge in [0.15, 0.2) is 5.96 Å². The minimum absolute atomic E-state index is 0.177. The van der Waals surface area contributed by atoms with Crippen molar-refractivity contribution in [3.8, 4) is 0 Å². The third kappa shape index (κ3) is 13.4. The summed E-state index contributed by atoms with van der Waals surface area (Å²) in [6, 6.07) is 0. The number of nitrogens with one attached hydrogen (secondary N) is 2. The van der Waals surface area contributed by atoms with Crippen LogP contribution in [-0.2, 0) is 9.47 Å². The molecule has 0 saturated heterocycles. The van der Waals surface area contributed by atoms with E-state index in [0.717, 1.165) is 12.8 Å². The highest BCUT2D eigenvalue weighted by molar-refractivity contribution is 5.79. The normalized spacial score (nSPS) is 12.6. The predicted molar refractivity (Wildman–Crippen MR) is 72.0 cm³/mol. The third-order valence-electron chi connectivity index (χ3n) is 2.36. The van der Waals surface area contributed by atoms with E-state index >= 15 is 0 Å². The van der Waals surface area contributed by atoms with Gasteiger partial charge in [-0.3, -0.25) is 4.99 Å². The fourth-order valence-electron chi connectivity index (χ4n) is 1.32. The van der Waals surface area contributed by atoms with E-state index in [1.165, 1.54) is 7.05 Å². The zero-order valence-electron chi connectivity index (χ0n) is 12.1. The number of rotatable bonds is 10. The largest absolute Gasteiger partial charge is 0.390 e. The topological polar surface area (TPSA) is 54.9 Å². The Labute approximate surface area is 117 Å². The number of unbranched alkanes of at least 4 members (excludes halogenated alkanes) is 1. The van der Waals surface area contributed by atoms with Gasteiger partial charge >= 0.3 is 6.18 Å². The predicted octanol–water partition coefficient (Wildman–Crippen LogP) is 1.55. The molecule has 0 aromatic rings. The average Bonchev–Trinajstić information content (AvgIpc) is 2.38. The lowest BCUT2D eigenvalue weighted by Crippen LogP contribution is -2.39. The molecule has 0 amide bonds. The van der Waals surface area contributed by atoms with E-state index in [0.29, 0.717) is 32.3 Å². The van der Waals surface area contributed by atoms with Crippen LogP contribution in [-0.4, -0.2) is 59.2 Å². The molecule has 0 bridgehead atoms. The van der Waals surface area contributed by atoms with Crippen LogP contribution >= 0.6 is 0 Å². The lowest BCUT2D eigenvalue weighted by atomic mass is 10.3. The number of halogens is 3. The second-order valence-corrected chi connectivity index (χ2v) is 4.10. The molecular weight excluding hydrogens is 275 g/mol. The van der Waals surface area contributed by atoms with Gasteiger partial charge in [0.1, 0.15) is 0 Å². The summed E-state index contributed by atoms with van der Waals surface area (Å²) in [5.74, 6) is 0.384. The molecule has 0 rings (SSSR count). The van der Waals surface area contributed by atoms with E-state index in [2.05, 4.69) is 15.6 Å². The maximum Gasteiger partial charge on any atom is 0.390 e. The lowest BCUT2D eigenvalue weighted by Gasteiger charge is -2.12. The molecule has 120 valence electrons. The second-order valence-electron chi connectivity index (χ2n) is 4.10. The first-order chi connectivity index (χ1) is 9.49. The first-order valence-corrected chi connectivity index (χ1v) is 6.57. The Morgan fingerprint density at radius 2 is 1.75 bits per heavy atom. The number of guanidine groups is 1. The summed E-state index contributed by atoms with van der Waals surface area (Å²) in [5.41, 5.74) is 0. The number of methoxy groups -OCH3 is 1. The van der Waals surface area contributed by atoms with Crippen LogP contribution in [0.4, 0.5) is 13.2 Å². The minimum atomic E-state index is -4.15. The number of hydrogen-bond donors (Lipinski definition) is 2. The van der Waals surface area contributed by atoms with Gasteiger partial charge in [-0.15, -0.1) is 0 Å². The summed E-state index contributed by atoms with van der Waals surface area (Å²) in [6.07, 6.45) is -3.30. The zero-order chi connectivity index (χ0) is 15.3. The summed E-state index contributed by atoms with van der Waals surface area (Å²) >= 11 is 0. The van der Waals surface area contributed by atoms with Crippen LogP contribution in [0.25, 0.3) is 0 Å². The molecule has 0 heterocycles. The summed E-state index contributed by atoms with van der Waals surface area (Å²) < 4.78 is 46.0. The fraction of sp³-hybridized carbons (Fsp3) is 0.917. The van der Waals surface area contributed by atoms with Crippen LogP contribution in [0.3, 0.4) is 0 Å². The van der Waals surface area contributed by atoms with Gasteiger partial charge < -0.3 is 20.1 Å². The van der Waals surface area contributed by atoms with Gasteiger partial charge in [0.25, 0.3) is 0 Å². The summed E-state index contributed by atoms with van der Waals surface area (Å²) in [6.45, 7) is 2.26. The van der Waals surface area contributed by atoms with E-state index < -0.39 is 12.6 Å². The standard InChI is InChI=1S/C12H24F3N3O2/c1-16-11(18-7-5-12(13,14)15)17-6-3-4-8-20-10-9-19-2/h3-10H2,1-2H3,(H2,16,17,18). The van der Waals surface area contributed by atoms with Gasteiger partial charge in [0.05, 0.1) is 19.6 Å². The smallest absolute Gasteiger partial charge is 0.382 e. The molecule has 0 aliphatic heterocycles. The summed E-state index contributed by atoms with van der Waals surface area (Å²) in [5, 5.41) is 5.56. The monoisotopic (exact) mass is 299 g/mol. The Morgan fingerprint density at radius 1 is 1.05 bits per heavy atom. The van der Waals surface area contributed by atoms with Crippen molar-refractivity contribution in [2.24, 2.45) is 4.99 Å². The van der Waals surface area contributed by atoms with Crippen molar-refractivity contribution < 1.29 is 22.6 Å². The number of alkyl halides is 3. The number of hydrogen-bond acceptors (Lipinski definition) is 3. The Bertz CT molecular complexity index is 261. The van der Waals surface area contributed by atoms with Gasteiger partial charge in [0.2, 0.25) is 0 Å². The Hall–Kier alpha value is -1.02. The van der Waals surface area contributed by atoms with E-state index in [1.54, 1.807) is 7.11 Å². The van der Waals surface area contributed by atoms with Gasteiger partial charge in [-0.1, -0.05) is 0 Å². The van der Waals surface area contributed by atoms with Crippen molar-refractivity contribution >= 4 is 5.96 Å². The molecule has 0 aromatic heterocycles. The second kappa shape index (κ2) is 11.8.